The topological polar surface area (TPSA) is 55.2 Å². The molecule has 0 saturated carbocycles. The number of anilines is 1. The number of nitrogens with zero attached hydrogens (tertiary/aromatic N) is 2. The standard InChI is InChI=1S/C13H20N3O2/c1-16(2)9-7-11(8-10-16)14-12-5-3-4-6-13(12)15(17)18/h3-6,11,14H,7-10H2,1-2H3/q+1. The lowest BCUT2D eigenvalue weighted by Crippen LogP contribution is -2.49. The summed E-state index contributed by atoms with van der Waals surface area (Å²) in [6, 6.07) is 7.21. The van der Waals surface area contributed by atoms with Gasteiger partial charge in [0.25, 0.3) is 5.69 Å². The number of benzene rings is 1. The van der Waals surface area contributed by atoms with Crippen LogP contribution in [0, 0.1) is 10.1 Å². The number of likely N-dealkylation sites (tertiary alicyclic amines) is 1. The predicted molar refractivity (Wildman–Crippen MR) is 71.6 cm³/mol. The molecule has 0 spiro atoms. The second kappa shape index (κ2) is 4.94. The summed E-state index contributed by atoms with van der Waals surface area (Å²) in [6.07, 6.45) is 2.11. The van der Waals surface area contributed by atoms with Gasteiger partial charge in [-0.15, -0.1) is 0 Å². The van der Waals surface area contributed by atoms with E-state index in [0.717, 1.165) is 30.4 Å². The lowest BCUT2D eigenvalue weighted by atomic mass is 10.0. The summed E-state index contributed by atoms with van der Waals surface area (Å²) >= 11 is 0. The molecule has 0 unspecified atom stereocenters. The molecule has 1 fully saturated rings. The Bertz CT molecular complexity index is 436. The van der Waals surface area contributed by atoms with Gasteiger partial charge in [0.05, 0.1) is 32.1 Å². The van der Waals surface area contributed by atoms with Crippen LogP contribution in [0.15, 0.2) is 24.3 Å². The summed E-state index contributed by atoms with van der Waals surface area (Å²) in [6.45, 7) is 2.22. The highest BCUT2D eigenvalue weighted by Gasteiger charge is 2.27. The fourth-order valence-electron chi connectivity index (χ4n) is 2.39. The van der Waals surface area contributed by atoms with E-state index < -0.39 is 0 Å². The number of quaternary nitrogens is 1. The number of piperidine rings is 1. The molecule has 1 aliphatic rings. The van der Waals surface area contributed by atoms with Crippen molar-refractivity contribution < 1.29 is 9.41 Å². The average molecular weight is 250 g/mol. The first-order chi connectivity index (χ1) is 8.48. The van der Waals surface area contributed by atoms with Gasteiger partial charge in [0.1, 0.15) is 5.69 Å². The van der Waals surface area contributed by atoms with Gasteiger partial charge in [0, 0.05) is 24.9 Å². The Kier molecular flexibility index (Phi) is 3.52. The van der Waals surface area contributed by atoms with E-state index >= 15 is 0 Å². The maximum Gasteiger partial charge on any atom is 0.292 e. The van der Waals surface area contributed by atoms with Gasteiger partial charge >= 0.3 is 0 Å². The maximum absolute atomic E-state index is 10.9. The molecule has 0 aromatic heterocycles. The molecule has 0 radical (unpaired) electrons. The van der Waals surface area contributed by atoms with Crippen molar-refractivity contribution in [2.24, 2.45) is 0 Å². The van der Waals surface area contributed by atoms with Gasteiger partial charge < -0.3 is 9.80 Å². The third-order valence-electron chi connectivity index (χ3n) is 3.63. The van der Waals surface area contributed by atoms with Gasteiger partial charge in [-0.1, -0.05) is 12.1 Å². The smallest absolute Gasteiger partial charge is 0.292 e. The summed E-state index contributed by atoms with van der Waals surface area (Å²) in [5.74, 6) is 0. The second-order valence-corrected chi connectivity index (χ2v) is 5.58. The van der Waals surface area contributed by atoms with Crippen molar-refractivity contribution >= 4 is 11.4 Å². The summed E-state index contributed by atoms with van der Waals surface area (Å²) in [5, 5.41) is 14.2. The SMILES string of the molecule is C[N+]1(C)CCC(Nc2ccccc2[N+](=O)[O-])CC1. The molecular weight excluding hydrogens is 230 g/mol. The molecule has 1 heterocycles. The molecule has 1 saturated heterocycles. The van der Waals surface area contributed by atoms with Gasteiger partial charge in [0.15, 0.2) is 0 Å². The van der Waals surface area contributed by atoms with E-state index in [1.807, 2.05) is 6.07 Å². The molecule has 18 heavy (non-hydrogen) atoms. The molecule has 2 rings (SSSR count). The van der Waals surface area contributed by atoms with Crippen LogP contribution in [0.5, 0.6) is 0 Å². The Hall–Kier alpha value is -1.62. The summed E-state index contributed by atoms with van der Waals surface area (Å²) in [7, 11) is 4.45. The zero-order chi connectivity index (χ0) is 13.2. The molecule has 0 aliphatic carbocycles. The highest BCUT2D eigenvalue weighted by atomic mass is 16.6. The van der Waals surface area contributed by atoms with Crippen molar-refractivity contribution in [3.8, 4) is 0 Å². The van der Waals surface area contributed by atoms with E-state index in [0.29, 0.717) is 11.7 Å². The molecule has 5 heteroatoms. The number of nitrogens with one attached hydrogen (secondary N) is 1. The molecule has 1 aromatic rings. The Morgan fingerprint density at radius 3 is 2.50 bits per heavy atom. The van der Waals surface area contributed by atoms with Crippen LogP contribution < -0.4 is 5.32 Å². The highest BCUT2D eigenvalue weighted by molar-refractivity contribution is 5.61. The number of hydrogen-bond acceptors (Lipinski definition) is 3. The van der Waals surface area contributed by atoms with Gasteiger partial charge in [-0.05, 0) is 6.07 Å². The van der Waals surface area contributed by atoms with Crippen LogP contribution in [-0.2, 0) is 0 Å². The van der Waals surface area contributed by atoms with Crippen molar-refractivity contribution in [3.63, 3.8) is 0 Å². The molecular formula is C13H20N3O2+. The normalized spacial score (nSPS) is 19.4. The molecule has 98 valence electrons. The van der Waals surface area contributed by atoms with Crippen molar-refractivity contribution in [1.82, 2.24) is 0 Å². The molecule has 1 aromatic carbocycles. The van der Waals surface area contributed by atoms with Crippen molar-refractivity contribution in [1.29, 1.82) is 0 Å². The van der Waals surface area contributed by atoms with Crippen molar-refractivity contribution in [2.75, 3.05) is 32.5 Å². The van der Waals surface area contributed by atoms with Crippen LogP contribution in [0.3, 0.4) is 0 Å². The molecule has 1 aliphatic heterocycles. The first-order valence-electron chi connectivity index (χ1n) is 6.30. The summed E-state index contributed by atoms with van der Waals surface area (Å²) < 4.78 is 1.04. The minimum absolute atomic E-state index is 0.164. The lowest BCUT2D eigenvalue weighted by Gasteiger charge is -2.37. The Balaban J connectivity index is 2.04. The minimum atomic E-state index is -0.328. The number of rotatable bonds is 3. The number of para-hydroxylation sites is 2. The van der Waals surface area contributed by atoms with Crippen LogP contribution in [0.4, 0.5) is 11.4 Å². The zero-order valence-corrected chi connectivity index (χ0v) is 10.9. The third-order valence-corrected chi connectivity index (χ3v) is 3.63. The van der Waals surface area contributed by atoms with Crippen LogP contribution in [-0.4, -0.2) is 42.6 Å². The van der Waals surface area contributed by atoms with Crippen molar-refractivity contribution in [3.05, 3.63) is 34.4 Å². The van der Waals surface area contributed by atoms with Crippen LogP contribution in [0.1, 0.15) is 12.8 Å². The first-order valence-corrected chi connectivity index (χ1v) is 6.30. The monoisotopic (exact) mass is 250 g/mol. The van der Waals surface area contributed by atoms with E-state index in [1.54, 1.807) is 18.2 Å². The lowest BCUT2D eigenvalue weighted by molar-refractivity contribution is -0.895. The summed E-state index contributed by atoms with van der Waals surface area (Å²) in [4.78, 5) is 10.6. The van der Waals surface area contributed by atoms with Crippen LogP contribution in [0.2, 0.25) is 0 Å². The van der Waals surface area contributed by atoms with Gasteiger partial charge in [0.2, 0.25) is 0 Å². The number of nitro groups is 1. The Labute approximate surface area is 107 Å². The highest BCUT2D eigenvalue weighted by Crippen LogP contribution is 2.26. The summed E-state index contributed by atoms with van der Waals surface area (Å²) in [5.41, 5.74) is 0.802. The number of nitro benzene ring substituents is 1. The van der Waals surface area contributed by atoms with Gasteiger partial charge in [-0.2, -0.15) is 0 Å². The van der Waals surface area contributed by atoms with E-state index in [4.69, 9.17) is 0 Å². The van der Waals surface area contributed by atoms with E-state index in [1.165, 1.54) is 0 Å². The molecule has 5 nitrogen and oxygen atoms in total. The Morgan fingerprint density at radius 1 is 1.28 bits per heavy atom. The fourth-order valence-corrected chi connectivity index (χ4v) is 2.39. The Morgan fingerprint density at radius 2 is 1.89 bits per heavy atom. The molecule has 0 bridgehead atoms. The average Bonchev–Trinajstić information content (AvgIpc) is 2.32. The second-order valence-electron chi connectivity index (χ2n) is 5.58. The van der Waals surface area contributed by atoms with Gasteiger partial charge in [-0.25, -0.2) is 0 Å². The quantitative estimate of drug-likeness (QED) is 0.508. The van der Waals surface area contributed by atoms with E-state index in [-0.39, 0.29) is 10.6 Å². The first kappa shape index (κ1) is 12.8. The molecule has 0 atom stereocenters. The minimum Gasteiger partial charge on any atom is -0.376 e. The molecule has 1 N–H and O–H groups in total. The predicted octanol–water partition coefficient (Wildman–Crippen LogP) is 2.25. The third kappa shape index (κ3) is 2.98. The van der Waals surface area contributed by atoms with Gasteiger partial charge in [-0.3, -0.25) is 10.1 Å². The largest absolute Gasteiger partial charge is 0.376 e. The van der Waals surface area contributed by atoms with E-state index in [2.05, 4.69) is 19.4 Å². The van der Waals surface area contributed by atoms with Crippen molar-refractivity contribution in [2.45, 2.75) is 18.9 Å². The van der Waals surface area contributed by atoms with E-state index in [9.17, 15) is 10.1 Å². The van der Waals surface area contributed by atoms with Crippen LogP contribution in [0.25, 0.3) is 0 Å². The fraction of sp³-hybridized carbons (Fsp3) is 0.538. The molecule has 0 amide bonds. The number of hydrogen-bond donors (Lipinski definition) is 1. The zero-order valence-electron chi connectivity index (χ0n) is 10.9. The maximum atomic E-state index is 10.9. The van der Waals surface area contributed by atoms with Crippen LogP contribution >= 0.6 is 0 Å².